The van der Waals surface area contributed by atoms with Crippen molar-refractivity contribution in [3.63, 3.8) is 0 Å². The molecule has 69 heavy (non-hydrogen) atoms. The molecule has 20 nitrogen and oxygen atoms in total. The molecule has 0 aromatic heterocycles. The van der Waals surface area contributed by atoms with Crippen LogP contribution >= 0.6 is 0 Å². The highest BCUT2D eigenvalue weighted by molar-refractivity contribution is 5.96. The van der Waals surface area contributed by atoms with Gasteiger partial charge in [0.05, 0.1) is 24.8 Å². The number of carbonyl (C=O) groups excluding carboxylic acids is 9. The van der Waals surface area contributed by atoms with Crippen molar-refractivity contribution in [1.29, 1.82) is 0 Å². The quantitative estimate of drug-likeness (QED) is 0.0625. The van der Waals surface area contributed by atoms with Gasteiger partial charge in [0.15, 0.2) is 0 Å². The summed E-state index contributed by atoms with van der Waals surface area (Å²) >= 11 is 0. The molecule has 0 heterocycles. The Hall–Kier alpha value is -5.63. The number of carbonyl (C=O) groups is 9. The fourth-order valence-corrected chi connectivity index (χ4v) is 8.03. The molecule has 0 saturated heterocycles. The second kappa shape index (κ2) is 27.5. The van der Waals surface area contributed by atoms with Crippen molar-refractivity contribution in [1.82, 2.24) is 31.5 Å². The molecule has 1 aromatic rings. The van der Waals surface area contributed by atoms with Gasteiger partial charge in [-0.15, -0.1) is 0 Å². The highest BCUT2D eigenvalue weighted by Crippen LogP contribution is 2.51. The van der Waals surface area contributed by atoms with Gasteiger partial charge in [0, 0.05) is 38.1 Å². The number of hydrogen-bond donors (Lipinski definition) is 9. The Balaban J connectivity index is 0.000000484. The maximum absolute atomic E-state index is 13.3. The van der Waals surface area contributed by atoms with Crippen molar-refractivity contribution in [3.8, 4) is 5.75 Å². The van der Waals surface area contributed by atoms with E-state index in [1.807, 2.05) is 41.5 Å². The lowest BCUT2D eigenvalue weighted by Crippen LogP contribution is -2.58. The number of amides is 7. The predicted molar refractivity (Wildman–Crippen MR) is 257 cm³/mol. The standard InChI is InChI=1S/C26H43N5O7.C23H37N3O5/c1-6-17(28-24(37)18(7-8-21(27)34)29-22(35)14(4)5)23(36)30-19(9-13(2)3)25(38)31-26-11-15(32)10-20(33)16(26)12-26;1-7-14(3)19(24)22(29)26(5)18(13-16-9-11-17(27)12-10-16)21(28)25-20(15(4)8-2)23(30)31-6/h13-19,32H,6-12H2,1-5H3,(H2,27,34)(H,28,37)(H,29,35)(H,30,36)(H,31,38);9-12,14-15,18-20,27H,7-8,13,24H2,1-6H3,(H,25,28)/t15-,16?,17+,18+,19?,26?;/m1./s1. The van der Waals surface area contributed by atoms with Crippen molar-refractivity contribution in [2.45, 2.75) is 174 Å². The molecule has 3 rings (SSSR count). The van der Waals surface area contributed by atoms with Crippen LogP contribution in [0.5, 0.6) is 5.75 Å². The van der Waals surface area contributed by atoms with Crippen molar-refractivity contribution in [3.05, 3.63) is 29.8 Å². The van der Waals surface area contributed by atoms with E-state index in [2.05, 4.69) is 26.6 Å². The van der Waals surface area contributed by atoms with E-state index in [4.69, 9.17) is 16.2 Å². The number of Topliss-reactive ketones (excluding diaryl/α,β-unsaturated/α-hetero) is 1. The number of aromatic hydroxyl groups is 1. The van der Waals surface area contributed by atoms with Gasteiger partial charge >= 0.3 is 5.97 Å². The first kappa shape index (κ1) is 59.5. The highest BCUT2D eigenvalue weighted by Gasteiger charge is 2.62. The van der Waals surface area contributed by atoms with Crippen molar-refractivity contribution >= 4 is 53.1 Å². The molecule has 2 aliphatic rings. The number of ether oxygens (including phenoxy) is 1. The van der Waals surface area contributed by atoms with E-state index >= 15 is 0 Å². The molecule has 8 unspecified atom stereocenters. The Morgan fingerprint density at radius 2 is 1.35 bits per heavy atom. The van der Waals surface area contributed by atoms with Crippen LogP contribution in [-0.2, 0) is 54.3 Å². The lowest BCUT2D eigenvalue weighted by atomic mass is 9.91. The van der Waals surface area contributed by atoms with Crippen LogP contribution in [0.4, 0.5) is 0 Å². The predicted octanol–water partition coefficient (Wildman–Crippen LogP) is 1.26. The number of nitrogens with one attached hydrogen (secondary N) is 5. The van der Waals surface area contributed by atoms with Crippen LogP contribution in [0.2, 0.25) is 0 Å². The number of esters is 1. The fourth-order valence-electron chi connectivity index (χ4n) is 8.03. The third kappa shape index (κ3) is 18.0. The molecule has 0 radical (unpaired) electrons. The molecule has 388 valence electrons. The number of ketones is 1. The topological polar surface area (TPSA) is 319 Å². The summed E-state index contributed by atoms with van der Waals surface area (Å²) in [6.45, 7) is 16.4. The molecule has 20 heteroatoms. The number of aliphatic hydroxyl groups is 1. The van der Waals surface area contributed by atoms with E-state index in [9.17, 15) is 53.4 Å². The monoisotopic (exact) mass is 973 g/mol. The first-order chi connectivity index (χ1) is 32.2. The second-order valence-electron chi connectivity index (χ2n) is 19.5. The third-order valence-corrected chi connectivity index (χ3v) is 13.1. The van der Waals surface area contributed by atoms with Gasteiger partial charge in [-0.2, -0.15) is 0 Å². The van der Waals surface area contributed by atoms with Crippen LogP contribution in [-0.4, -0.2) is 130 Å². The SMILES string of the molecule is CCC(C)C(N)C(=O)N(C)C(Cc1ccc(O)cc1)C(=O)NC(C(=O)OC)C(C)CC.CC[C@H](NC(=O)[C@H](CCC(N)=O)NC(=O)C(C)C)C(=O)NC(CC(C)C)C(=O)NC12CC1C(=O)C[C@@H](O)C2. The zero-order valence-electron chi connectivity index (χ0n) is 42.4. The summed E-state index contributed by atoms with van der Waals surface area (Å²) in [5.41, 5.74) is 11.3. The molecule has 2 saturated carbocycles. The van der Waals surface area contributed by atoms with Crippen LogP contribution in [0.25, 0.3) is 0 Å². The molecule has 11 atom stereocenters. The average molecular weight is 973 g/mol. The molecule has 7 amide bonds. The van der Waals surface area contributed by atoms with Gasteiger partial charge in [0.1, 0.15) is 41.7 Å². The number of nitrogens with two attached hydrogens (primary N) is 2. The number of benzene rings is 1. The summed E-state index contributed by atoms with van der Waals surface area (Å²) < 4.78 is 4.86. The number of aliphatic hydroxyl groups excluding tert-OH is 1. The highest BCUT2D eigenvalue weighted by atomic mass is 16.5. The number of nitrogens with zero attached hydrogens (tertiary/aromatic N) is 1. The minimum absolute atomic E-state index is 0.0239. The number of methoxy groups -OCH3 is 1. The molecule has 1 aromatic carbocycles. The summed E-state index contributed by atoms with van der Waals surface area (Å²) in [5.74, 6) is -4.81. The van der Waals surface area contributed by atoms with E-state index in [1.165, 1.54) is 24.1 Å². The van der Waals surface area contributed by atoms with Crippen LogP contribution in [0.3, 0.4) is 0 Å². The fraction of sp³-hybridized carbons (Fsp3) is 0.694. The minimum atomic E-state index is -1.06. The van der Waals surface area contributed by atoms with E-state index in [0.717, 1.165) is 12.0 Å². The van der Waals surface area contributed by atoms with Crippen LogP contribution in [0.15, 0.2) is 24.3 Å². The molecular weight excluding hydrogens is 893 g/mol. The Morgan fingerprint density at radius 3 is 1.87 bits per heavy atom. The van der Waals surface area contributed by atoms with Crippen molar-refractivity contribution < 1.29 is 58.1 Å². The lowest BCUT2D eigenvalue weighted by molar-refractivity contribution is -0.148. The van der Waals surface area contributed by atoms with Gasteiger partial charge in [0.25, 0.3) is 0 Å². The molecule has 0 aliphatic heterocycles. The van der Waals surface area contributed by atoms with Crippen molar-refractivity contribution in [2.75, 3.05) is 14.2 Å². The first-order valence-corrected chi connectivity index (χ1v) is 24.2. The normalized spacial score (nSPS) is 20.7. The van der Waals surface area contributed by atoms with E-state index in [0.29, 0.717) is 25.7 Å². The maximum Gasteiger partial charge on any atom is 0.328 e. The van der Waals surface area contributed by atoms with Gasteiger partial charge in [-0.25, -0.2) is 4.79 Å². The zero-order valence-corrected chi connectivity index (χ0v) is 42.4. The van der Waals surface area contributed by atoms with E-state index in [-0.39, 0.29) is 79.1 Å². The number of likely N-dealkylation sites (N-methyl/N-ethyl adjacent to an activating group) is 1. The van der Waals surface area contributed by atoms with Crippen LogP contribution in [0, 0.1) is 29.6 Å². The minimum Gasteiger partial charge on any atom is -0.508 e. The van der Waals surface area contributed by atoms with Crippen LogP contribution in [0.1, 0.15) is 126 Å². The van der Waals surface area contributed by atoms with Crippen LogP contribution < -0.4 is 38.1 Å². The molecule has 11 N–H and O–H groups in total. The zero-order chi connectivity index (χ0) is 52.5. The second-order valence-corrected chi connectivity index (χ2v) is 19.5. The Kier molecular flexibility index (Phi) is 23.7. The van der Waals surface area contributed by atoms with Gasteiger partial charge < -0.3 is 57.9 Å². The largest absolute Gasteiger partial charge is 0.508 e. The summed E-state index contributed by atoms with van der Waals surface area (Å²) in [5, 5.41) is 33.2. The summed E-state index contributed by atoms with van der Waals surface area (Å²) in [4.78, 5) is 115. The van der Waals surface area contributed by atoms with Gasteiger partial charge in [0.2, 0.25) is 41.4 Å². The van der Waals surface area contributed by atoms with Gasteiger partial charge in [-0.1, -0.05) is 87.3 Å². The number of primary amides is 1. The smallest absolute Gasteiger partial charge is 0.328 e. The average Bonchev–Trinajstić information content (AvgIpc) is 4.02. The molecule has 2 aliphatic carbocycles. The number of phenols is 1. The number of phenolic OH excluding ortho intramolecular Hbond substituents is 1. The third-order valence-electron chi connectivity index (χ3n) is 13.1. The van der Waals surface area contributed by atoms with Gasteiger partial charge in [-0.05, 0) is 67.6 Å². The number of hydrogen-bond acceptors (Lipinski definition) is 13. The summed E-state index contributed by atoms with van der Waals surface area (Å²) in [7, 11) is 2.82. The number of rotatable bonds is 25. The van der Waals surface area contributed by atoms with E-state index < -0.39 is 89.3 Å². The number of fused-ring (bicyclic) bond motifs is 1. The Labute approximate surface area is 406 Å². The molecule has 0 bridgehead atoms. The first-order valence-electron chi connectivity index (χ1n) is 24.2. The summed E-state index contributed by atoms with van der Waals surface area (Å²) in [6.07, 6.45) is 2.02. The van der Waals surface area contributed by atoms with E-state index in [1.54, 1.807) is 40.0 Å². The lowest BCUT2D eigenvalue weighted by Gasteiger charge is -2.32. The van der Waals surface area contributed by atoms with Gasteiger partial charge in [-0.3, -0.25) is 38.4 Å². The summed E-state index contributed by atoms with van der Waals surface area (Å²) in [6, 6.07) is 1.00. The molecule has 0 spiro atoms. The van der Waals surface area contributed by atoms with Crippen molar-refractivity contribution in [2.24, 2.45) is 41.1 Å². The maximum atomic E-state index is 13.3. The Bertz CT molecular complexity index is 1950. The molecular formula is C49H80N8O12. The Morgan fingerprint density at radius 1 is 0.783 bits per heavy atom. The molecule has 2 fully saturated rings.